The fourth-order valence-corrected chi connectivity index (χ4v) is 5.81. The number of hydrazone groups is 1. The number of para-hydroxylation sites is 1. The van der Waals surface area contributed by atoms with Crippen LogP contribution in [0.15, 0.2) is 82.8 Å². The van der Waals surface area contributed by atoms with E-state index >= 15 is 0 Å². The van der Waals surface area contributed by atoms with E-state index in [0.717, 1.165) is 34.6 Å². The molecule has 3 heterocycles. The third-order valence-corrected chi connectivity index (χ3v) is 7.47. The van der Waals surface area contributed by atoms with E-state index in [4.69, 9.17) is 19.3 Å². The Kier molecular flexibility index (Phi) is 5.18. The van der Waals surface area contributed by atoms with Gasteiger partial charge in [-0.25, -0.2) is 5.01 Å². The molecule has 3 aliphatic rings. The molecular weight excluding hydrogens is 462 g/mol. The van der Waals surface area contributed by atoms with Crippen molar-refractivity contribution >= 4 is 29.5 Å². The first-order valence-corrected chi connectivity index (χ1v) is 12.1. The highest BCUT2D eigenvalue weighted by Gasteiger charge is 2.57. The van der Waals surface area contributed by atoms with Crippen LogP contribution in [0.4, 0.5) is 0 Å². The normalized spacial score (nSPS) is 23.4. The first-order chi connectivity index (χ1) is 17.1. The van der Waals surface area contributed by atoms with Crippen LogP contribution in [0.5, 0.6) is 17.2 Å². The fraction of sp³-hybridized carbons (Fsp3) is 0.185. The molecule has 0 unspecified atom stereocenters. The molecule has 2 atom stereocenters. The number of hydrogen-bond donors (Lipinski definition) is 1. The Morgan fingerprint density at radius 2 is 1.83 bits per heavy atom. The molecule has 3 aromatic rings. The van der Waals surface area contributed by atoms with Gasteiger partial charge in [-0.2, -0.15) is 5.10 Å². The summed E-state index contributed by atoms with van der Waals surface area (Å²) in [5.41, 5.74) is 3.90. The lowest BCUT2D eigenvalue weighted by Crippen LogP contribution is -2.58. The molecule has 1 amide bonds. The molecule has 1 fully saturated rings. The van der Waals surface area contributed by atoms with Gasteiger partial charge in [0.15, 0.2) is 11.5 Å². The Labute approximate surface area is 207 Å². The molecule has 0 saturated carbocycles. The number of methoxy groups -OCH3 is 2. The van der Waals surface area contributed by atoms with Gasteiger partial charge in [-0.05, 0) is 47.2 Å². The molecule has 3 aromatic carbocycles. The van der Waals surface area contributed by atoms with Crippen molar-refractivity contribution in [3.63, 3.8) is 0 Å². The summed E-state index contributed by atoms with van der Waals surface area (Å²) in [5.74, 6) is 1.76. The van der Waals surface area contributed by atoms with Crippen molar-refractivity contribution in [1.82, 2.24) is 10.3 Å². The number of carbonyl (C=O) groups excluding carboxylic acids is 1. The van der Waals surface area contributed by atoms with Gasteiger partial charge < -0.3 is 14.2 Å². The second-order valence-electron chi connectivity index (χ2n) is 8.38. The largest absolute Gasteiger partial charge is 0.493 e. The van der Waals surface area contributed by atoms with Crippen molar-refractivity contribution in [2.24, 2.45) is 5.10 Å². The van der Waals surface area contributed by atoms with Gasteiger partial charge in [-0.15, -0.1) is 0 Å². The standard InChI is InChI=1S/C27H23N3O4S/c1-32-23-13-12-17(14-24(23)33-2)15-25-26(31)28-27(35-25)30-21(19-10-6-7-11-22(19)34-27)16-20(29-30)18-8-4-3-5-9-18/h3-15,21H,16H2,1-2H3,(H,28,31)/b25-15-/t21-,27+/m0/s1. The van der Waals surface area contributed by atoms with Crippen LogP contribution in [-0.2, 0) is 4.79 Å². The number of carbonyl (C=O) groups is 1. The van der Waals surface area contributed by atoms with Gasteiger partial charge in [-0.3, -0.25) is 10.1 Å². The quantitative estimate of drug-likeness (QED) is 0.537. The summed E-state index contributed by atoms with van der Waals surface area (Å²) in [7, 11) is 3.18. The molecule has 1 spiro atoms. The number of ether oxygens (including phenoxy) is 3. The van der Waals surface area contributed by atoms with Crippen molar-refractivity contribution in [3.05, 3.63) is 94.4 Å². The Bertz CT molecular complexity index is 1370. The van der Waals surface area contributed by atoms with Crippen LogP contribution < -0.4 is 19.5 Å². The maximum atomic E-state index is 13.2. The summed E-state index contributed by atoms with van der Waals surface area (Å²) in [6, 6.07) is 23.5. The zero-order valence-electron chi connectivity index (χ0n) is 19.2. The van der Waals surface area contributed by atoms with Crippen LogP contribution >= 0.6 is 11.8 Å². The van der Waals surface area contributed by atoms with E-state index in [1.54, 1.807) is 14.2 Å². The summed E-state index contributed by atoms with van der Waals surface area (Å²) in [5, 5.41) is 8.76. The van der Waals surface area contributed by atoms with Crippen molar-refractivity contribution in [1.29, 1.82) is 0 Å². The molecule has 0 bridgehead atoms. The number of rotatable bonds is 4. The highest BCUT2D eigenvalue weighted by Crippen LogP contribution is 2.53. The monoisotopic (exact) mass is 485 g/mol. The molecule has 6 rings (SSSR count). The van der Waals surface area contributed by atoms with Crippen LogP contribution in [0, 0.1) is 0 Å². The zero-order valence-corrected chi connectivity index (χ0v) is 20.0. The van der Waals surface area contributed by atoms with E-state index in [-0.39, 0.29) is 11.9 Å². The number of nitrogens with zero attached hydrogens (tertiary/aromatic N) is 2. The first kappa shape index (κ1) is 21.6. The fourth-order valence-electron chi connectivity index (χ4n) is 4.64. The predicted molar refractivity (Wildman–Crippen MR) is 135 cm³/mol. The lowest BCUT2D eigenvalue weighted by Gasteiger charge is -2.43. The molecular formula is C27H23N3O4S. The average molecular weight is 486 g/mol. The van der Waals surface area contributed by atoms with Gasteiger partial charge in [0.2, 0.25) is 0 Å². The maximum absolute atomic E-state index is 13.2. The van der Waals surface area contributed by atoms with E-state index in [2.05, 4.69) is 23.5 Å². The van der Waals surface area contributed by atoms with Crippen molar-refractivity contribution in [2.75, 3.05) is 14.2 Å². The van der Waals surface area contributed by atoms with Crippen LogP contribution in [0.1, 0.15) is 29.2 Å². The lowest BCUT2D eigenvalue weighted by atomic mass is 9.97. The number of amides is 1. The van der Waals surface area contributed by atoms with Crippen molar-refractivity contribution in [3.8, 4) is 17.2 Å². The van der Waals surface area contributed by atoms with Gasteiger partial charge in [0.1, 0.15) is 5.75 Å². The molecule has 3 aliphatic heterocycles. The smallest absolute Gasteiger partial charge is 0.336 e. The van der Waals surface area contributed by atoms with Gasteiger partial charge in [0.05, 0.1) is 30.9 Å². The molecule has 7 nitrogen and oxygen atoms in total. The molecule has 0 radical (unpaired) electrons. The molecule has 8 heteroatoms. The Morgan fingerprint density at radius 3 is 2.63 bits per heavy atom. The zero-order chi connectivity index (χ0) is 24.0. The van der Waals surface area contributed by atoms with Crippen LogP contribution in [0.2, 0.25) is 0 Å². The summed E-state index contributed by atoms with van der Waals surface area (Å²) in [6.07, 6.45) is 2.55. The van der Waals surface area contributed by atoms with Gasteiger partial charge in [-0.1, -0.05) is 54.6 Å². The molecule has 35 heavy (non-hydrogen) atoms. The van der Waals surface area contributed by atoms with Crippen molar-refractivity contribution in [2.45, 2.75) is 17.6 Å². The third kappa shape index (κ3) is 3.61. The van der Waals surface area contributed by atoms with Gasteiger partial charge in [0, 0.05) is 12.0 Å². The summed E-state index contributed by atoms with van der Waals surface area (Å²) < 4.78 is 17.2. The van der Waals surface area contributed by atoms with Crippen LogP contribution in [0.3, 0.4) is 0 Å². The lowest BCUT2D eigenvalue weighted by molar-refractivity contribution is -0.127. The number of nitrogens with one attached hydrogen (secondary N) is 1. The highest BCUT2D eigenvalue weighted by atomic mass is 32.2. The van der Waals surface area contributed by atoms with Crippen LogP contribution in [0.25, 0.3) is 6.08 Å². The average Bonchev–Trinajstić information content (AvgIpc) is 3.47. The predicted octanol–water partition coefficient (Wildman–Crippen LogP) is 4.76. The molecule has 0 aliphatic carbocycles. The SMILES string of the molecule is COc1ccc(/C=C2\S[C@@]3(NC2=O)Oc2ccccc2[C@@H]2CC(c4ccccc4)=NN23)cc1OC. The minimum absolute atomic E-state index is 0.0524. The van der Waals surface area contributed by atoms with E-state index in [9.17, 15) is 4.79 Å². The second kappa shape index (κ2) is 8.39. The summed E-state index contributed by atoms with van der Waals surface area (Å²) in [6.45, 7) is 0. The molecule has 0 aromatic heterocycles. The van der Waals surface area contributed by atoms with Gasteiger partial charge >= 0.3 is 5.18 Å². The number of fused-ring (bicyclic) bond motifs is 4. The topological polar surface area (TPSA) is 72.4 Å². The molecule has 1 N–H and O–H groups in total. The minimum Gasteiger partial charge on any atom is -0.493 e. The second-order valence-corrected chi connectivity index (χ2v) is 9.58. The Hall–Kier alpha value is -3.91. The first-order valence-electron chi connectivity index (χ1n) is 11.3. The van der Waals surface area contributed by atoms with Crippen molar-refractivity contribution < 1.29 is 19.0 Å². The van der Waals surface area contributed by atoms with Crippen LogP contribution in [-0.4, -0.2) is 36.0 Å². The third-order valence-electron chi connectivity index (χ3n) is 6.29. The number of thioether (sulfide) groups is 1. The van der Waals surface area contributed by atoms with E-state index in [1.165, 1.54) is 11.8 Å². The van der Waals surface area contributed by atoms with E-state index in [0.29, 0.717) is 16.4 Å². The molecule has 176 valence electrons. The summed E-state index contributed by atoms with van der Waals surface area (Å²) in [4.78, 5) is 13.7. The number of benzene rings is 3. The Balaban J connectivity index is 1.39. The minimum atomic E-state index is -1.17. The van der Waals surface area contributed by atoms with E-state index < -0.39 is 5.18 Å². The summed E-state index contributed by atoms with van der Waals surface area (Å²) >= 11 is 1.32. The van der Waals surface area contributed by atoms with Gasteiger partial charge in [0.25, 0.3) is 5.91 Å². The highest BCUT2D eigenvalue weighted by molar-refractivity contribution is 8.05. The maximum Gasteiger partial charge on any atom is 0.336 e. The Morgan fingerprint density at radius 1 is 1.06 bits per heavy atom. The van der Waals surface area contributed by atoms with E-state index in [1.807, 2.05) is 65.7 Å². The number of hydrogen-bond acceptors (Lipinski definition) is 7. The molecule has 1 saturated heterocycles.